The maximum atomic E-state index is 12.0. The lowest BCUT2D eigenvalue weighted by atomic mass is 10.0. The predicted molar refractivity (Wildman–Crippen MR) is 76.6 cm³/mol. The van der Waals surface area contributed by atoms with Gasteiger partial charge >= 0.3 is 5.97 Å². The van der Waals surface area contributed by atoms with Crippen LogP contribution < -0.4 is 5.32 Å². The van der Waals surface area contributed by atoms with Gasteiger partial charge in [-0.1, -0.05) is 32.1 Å². The van der Waals surface area contributed by atoms with E-state index >= 15 is 0 Å². The zero-order valence-corrected chi connectivity index (χ0v) is 12.7. The highest BCUT2D eigenvalue weighted by molar-refractivity contribution is 5.91. The summed E-state index contributed by atoms with van der Waals surface area (Å²) in [5, 5.41) is 2.66. The molecule has 0 fully saturated rings. The zero-order valence-electron chi connectivity index (χ0n) is 12.7. The summed E-state index contributed by atoms with van der Waals surface area (Å²) in [6.45, 7) is 11.0. The van der Waals surface area contributed by atoms with Gasteiger partial charge in [-0.2, -0.15) is 0 Å². The fourth-order valence-electron chi connectivity index (χ4n) is 1.32. The SMILES string of the molecule is CC=CC=CC(=O)N[C@@H](C(=O)OC(C)(C)C)C(C)C. The van der Waals surface area contributed by atoms with E-state index in [4.69, 9.17) is 4.74 Å². The smallest absolute Gasteiger partial charge is 0.329 e. The number of carbonyl (C=O) groups excluding carboxylic acids is 2. The molecule has 0 radical (unpaired) electrons. The first-order valence-electron chi connectivity index (χ1n) is 6.50. The van der Waals surface area contributed by atoms with Gasteiger partial charge in [-0.05, 0) is 33.6 Å². The molecule has 0 aliphatic heterocycles. The number of rotatable bonds is 5. The van der Waals surface area contributed by atoms with Crippen LogP contribution in [0.15, 0.2) is 24.3 Å². The second-order valence-corrected chi connectivity index (χ2v) is 5.65. The van der Waals surface area contributed by atoms with Crippen molar-refractivity contribution in [3.8, 4) is 0 Å². The van der Waals surface area contributed by atoms with Crippen molar-refractivity contribution in [1.29, 1.82) is 0 Å². The molecule has 1 amide bonds. The van der Waals surface area contributed by atoms with E-state index < -0.39 is 17.6 Å². The lowest BCUT2D eigenvalue weighted by Crippen LogP contribution is -2.46. The van der Waals surface area contributed by atoms with E-state index in [2.05, 4.69) is 5.32 Å². The Labute approximate surface area is 115 Å². The van der Waals surface area contributed by atoms with Crippen molar-refractivity contribution in [3.63, 3.8) is 0 Å². The van der Waals surface area contributed by atoms with Crippen LogP contribution in [-0.4, -0.2) is 23.5 Å². The van der Waals surface area contributed by atoms with Gasteiger partial charge in [-0.15, -0.1) is 0 Å². The summed E-state index contributed by atoms with van der Waals surface area (Å²) < 4.78 is 5.30. The van der Waals surface area contributed by atoms with E-state index in [1.165, 1.54) is 6.08 Å². The van der Waals surface area contributed by atoms with E-state index in [1.54, 1.807) is 32.9 Å². The van der Waals surface area contributed by atoms with Crippen LogP contribution >= 0.6 is 0 Å². The number of ether oxygens (including phenoxy) is 1. The minimum Gasteiger partial charge on any atom is -0.458 e. The summed E-state index contributed by atoms with van der Waals surface area (Å²) in [6.07, 6.45) is 6.58. The quantitative estimate of drug-likeness (QED) is 0.473. The molecule has 0 aromatic heterocycles. The van der Waals surface area contributed by atoms with Gasteiger partial charge in [0, 0.05) is 6.08 Å². The maximum absolute atomic E-state index is 12.0. The van der Waals surface area contributed by atoms with Crippen LogP contribution in [0.1, 0.15) is 41.5 Å². The van der Waals surface area contributed by atoms with Crippen molar-refractivity contribution in [3.05, 3.63) is 24.3 Å². The largest absolute Gasteiger partial charge is 0.458 e. The van der Waals surface area contributed by atoms with Gasteiger partial charge in [0.1, 0.15) is 11.6 Å². The van der Waals surface area contributed by atoms with Gasteiger partial charge in [0.05, 0.1) is 0 Å². The molecular formula is C15H25NO3. The fourth-order valence-corrected chi connectivity index (χ4v) is 1.32. The molecule has 0 saturated carbocycles. The van der Waals surface area contributed by atoms with Crippen LogP contribution in [0.3, 0.4) is 0 Å². The molecule has 0 bridgehead atoms. The van der Waals surface area contributed by atoms with Crippen molar-refractivity contribution >= 4 is 11.9 Å². The summed E-state index contributed by atoms with van der Waals surface area (Å²) in [5.41, 5.74) is -0.560. The number of allylic oxidation sites excluding steroid dienone is 3. The Morgan fingerprint density at radius 1 is 1.16 bits per heavy atom. The summed E-state index contributed by atoms with van der Waals surface area (Å²) in [4.78, 5) is 23.7. The molecular weight excluding hydrogens is 242 g/mol. The highest BCUT2D eigenvalue weighted by Crippen LogP contribution is 2.12. The topological polar surface area (TPSA) is 55.4 Å². The van der Waals surface area contributed by atoms with Gasteiger partial charge in [-0.3, -0.25) is 4.79 Å². The summed E-state index contributed by atoms with van der Waals surface area (Å²) in [5.74, 6) is -0.744. The molecule has 0 spiro atoms. The van der Waals surface area contributed by atoms with Crippen LogP contribution in [0.25, 0.3) is 0 Å². The molecule has 0 aromatic rings. The Hall–Kier alpha value is -1.58. The van der Waals surface area contributed by atoms with E-state index in [0.29, 0.717) is 0 Å². The van der Waals surface area contributed by atoms with Crippen LogP contribution in [0.2, 0.25) is 0 Å². The molecule has 0 heterocycles. The average molecular weight is 267 g/mol. The highest BCUT2D eigenvalue weighted by atomic mass is 16.6. The van der Waals surface area contributed by atoms with Crippen LogP contribution in [-0.2, 0) is 14.3 Å². The first-order chi connectivity index (χ1) is 8.67. The van der Waals surface area contributed by atoms with Gasteiger partial charge < -0.3 is 10.1 Å². The third-order valence-corrected chi connectivity index (χ3v) is 2.18. The van der Waals surface area contributed by atoms with Crippen molar-refractivity contribution in [2.75, 3.05) is 0 Å². The van der Waals surface area contributed by atoms with Crippen LogP contribution in [0.5, 0.6) is 0 Å². The van der Waals surface area contributed by atoms with Crippen molar-refractivity contribution in [2.45, 2.75) is 53.2 Å². The number of amides is 1. The first-order valence-corrected chi connectivity index (χ1v) is 6.50. The first kappa shape index (κ1) is 17.4. The molecule has 0 unspecified atom stereocenters. The second kappa shape index (κ2) is 7.77. The monoisotopic (exact) mass is 267 g/mol. The molecule has 0 aliphatic carbocycles. The number of carbonyl (C=O) groups is 2. The standard InChI is InChI=1S/C15H25NO3/c1-7-8-9-10-12(17)16-13(11(2)3)14(18)19-15(4,5)6/h7-11,13H,1-6H3,(H,16,17)/t13-/m1/s1. The van der Waals surface area contributed by atoms with E-state index in [9.17, 15) is 9.59 Å². The third-order valence-electron chi connectivity index (χ3n) is 2.18. The summed E-state index contributed by atoms with van der Waals surface area (Å²) in [7, 11) is 0. The molecule has 1 N–H and O–H groups in total. The summed E-state index contributed by atoms with van der Waals surface area (Å²) in [6, 6.07) is -0.637. The van der Waals surface area contributed by atoms with Gasteiger partial charge in [0.25, 0.3) is 0 Å². The molecule has 0 aliphatic rings. The molecule has 19 heavy (non-hydrogen) atoms. The van der Waals surface area contributed by atoms with Crippen LogP contribution in [0, 0.1) is 5.92 Å². The third kappa shape index (κ3) is 8.19. The number of nitrogens with one attached hydrogen (secondary N) is 1. The van der Waals surface area contributed by atoms with E-state index in [-0.39, 0.29) is 11.8 Å². The van der Waals surface area contributed by atoms with E-state index in [1.807, 2.05) is 26.8 Å². The molecule has 0 rings (SSSR count). The van der Waals surface area contributed by atoms with Crippen molar-refractivity contribution < 1.29 is 14.3 Å². The Bertz CT molecular complexity index is 362. The molecule has 0 saturated heterocycles. The number of hydrogen-bond acceptors (Lipinski definition) is 3. The van der Waals surface area contributed by atoms with Crippen molar-refractivity contribution in [1.82, 2.24) is 5.32 Å². The van der Waals surface area contributed by atoms with Gasteiger partial charge in [-0.25, -0.2) is 4.79 Å². The van der Waals surface area contributed by atoms with E-state index in [0.717, 1.165) is 0 Å². The number of esters is 1. The predicted octanol–water partition coefficient (Wildman–Crippen LogP) is 2.60. The Balaban J connectivity index is 4.66. The normalized spacial score (nSPS) is 14.1. The highest BCUT2D eigenvalue weighted by Gasteiger charge is 2.28. The lowest BCUT2D eigenvalue weighted by molar-refractivity contribution is -0.159. The molecule has 4 nitrogen and oxygen atoms in total. The molecule has 108 valence electrons. The van der Waals surface area contributed by atoms with Gasteiger partial charge in [0.15, 0.2) is 0 Å². The minimum absolute atomic E-state index is 0.0334. The lowest BCUT2D eigenvalue weighted by Gasteiger charge is -2.26. The summed E-state index contributed by atoms with van der Waals surface area (Å²) >= 11 is 0. The van der Waals surface area contributed by atoms with Crippen LogP contribution in [0.4, 0.5) is 0 Å². The number of hydrogen-bond donors (Lipinski definition) is 1. The second-order valence-electron chi connectivity index (χ2n) is 5.65. The Morgan fingerprint density at radius 2 is 1.74 bits per heavy atom. The molecule has 4 heteroatoms. The zero-order chi connectivity index (χ0) is 15.1. The van der Waals surface area contributed by atoms with Crippen molar-refractivity contribution in [2.24, 2.45) is 5.92 Å². The maximum Gasteiger partial charge on any atom is 0.329 e. The molecule has 1 atom stereocenters. The average Bonchev–Trinajstić information content (AvgIpc) is 2.23. The molecule has 0 aromatic carbocycles. The Kier molecular flexibility index (Phi) is 7.12. The minimum atomic E-state index is -0.637. The fraction of sp³-hybridized carbons (Fsp3) is 0.600. The van der Waals surface area contributed by atoms with Gasteiger partial charge in [0.2, 0.25) is 5.91 Å². The Morgan fingerprint density at radius 3 is 2.16 bits per heavy atom.